The number of rotatable bonds is 4. The van der Waals surface area contributed by atoms with E-state index in [9.17, 15) is 4.79 Å². The number of carbonyl (C=O) groups is 1. The Morgan fingerprint density at radius 2 is 2.00 bits per heavy atom. The molecule has 0 radical (unpaired) electrons. The summed E-state index contributed by atoms with van der Waals surface area (Å²) in [5, 5.41) is 4.04. The van der Waals surface area contributed by atoms with E-state index in [4.69, 9.17) is 10.3 Å². The summed E-state index contributed by atoms with van der Waals surface area (Å²) in [4.78, 5) is 19.2. The van der Waals surface area contributed by atoms with E-state index >= 15 is 0 Å². The fourth-order valence-electron chi connectivity index (χ4n) is 3.52. The molecule has 2 fully saturated rings. The summed E-state index contributed by atoms with van der Waals surface area (Å²) < 4.78 is 5.34. The number of aromatic nitrogens is 2. The zero-order valence-corrected chi connectivity index (χ0v) is 15.7. The van der Waals surface area contributed by atoms with E-state index in [-0.39, 0.29) is 24.4 Å². The highest BCUT2D eigenvalue weighted by atomic mass is 35.5. The highest BCUT2D eigenvalue weighted by Gasteiger charge is 2.30. The lowest BCUT2D eigenvalue weighted by Gasteiger charge is -2.38. The van der Waals surface area contributed by atoms with Gasteiger partial charge in [-0.1, -0.05) is 12.1 Å². The van der Waals surface area contributed by atoms with Crippen molar-refractivity contribution in [1.29, 1.82) is 0 Å². The first-order valence-electron chi connectivity index (χ1n) is 9.10. The molecule has 1 aliphatic carbocycles. The van der Waals surface area contributed by atoms with Gasteiger partial charge in [0.1, 0.15) is 0 Å². The van der Waals surface area contributed by atoms with Crippen LogP contribution in [0.5, 0.6) is 0 Å². The summed E-state index contributed by atoms with van der Waals surface area (Å²) in [6, 6.07) is 7.56. The van der Waals surface area contributed by atoms with Crippen LogP contribution in [0.2, 0.25) is 0 Å². The summed E-state index contributed by atoms with van der Waals surface area (Å²) in [7, 11) is 0. The number of carbonyl (C=O) groups excluding carboxylic acids is 1. The standard InChI is InChI=1S/C19H24N4O2.ClH/c1-12-8-9-23(16(10-12)11-20)19(24)15-6-4-14(5-7-15)18-21-17(22-25-18)13-2-3-13;/h4-7,12-13,16H,2-3,8-11,20H2,1H3;1H. The van der Waals surface area contributed by atoms with Crippen LogP contribution in [-0.4, -0.2) is 40.1 Å². The first kappa shape index (κ1) is 18.9. The Kier molecular flexibility index (Phi) is 5.63. The molecule has 1 amide bonds. The molecule has 2 atom stereocenters. The van der Waals surface area contributed by atoms with E-state index in [2.05, 4.69) is 17.1 Å². The van der Waals surface area contributed by atoms with Crippen LogP contribution in [0.3, 0.4) is 0 Å². The third-order valence-corrected chi connectivity index (χ3v) is 5.27. The fraction of sp³-hybridized carbons (Fsp3) is 0.526. The van der Waals surface area contributed by atoms with Crippen LogP contribution in [-0.2, 0) is 0 Å². The summed E-state index contributed by atoms with van der Waals surface area (Å²) in [5.41, 5.74) is 7.41. The molecular weight excluding hydrogens is 352 g/mol. The van der Waals surface area contributed by atoms with Gasteiger partial charge in [-0.2, -0.15) is 4.98 Å². The lowest BCUT2D eigenvalue weighted by Crippen LogP contribution is -2.49. The maximum Gasteiger partial charge on any atom is 0.257 e. The first-order valence-corrected chi connectivity index (χ1v) is 9.10. The van der Waals surface area contributed by atoms with Crippen molar-refractivity contribution in [3.63, 3.8) is 0 Å². The van der Waals surface area contributed by atoms with Gasteiger partial charge in [0.25, 0.3) is 11.8 Å². The van der Waals surface area contributed by atoms with Gasteiger partial charge in [0, 0.05) is 36.2 Å². The Balaban J connectivity index is 0.00000196. The van der Waals surface area contributed by atoms with E-state index in [0.29, 0.717) is 29.8 Å². The van der Waals surface area contributed by atoms with Crippen molar-refractivity contribution < 1.29 is 9.32 Å². The number of hydrogen-bond acceptors (Lipinski definition) is 5. The highest BCUT2D eigenvalue weighted by Crippen LogP contribution is 2.38. The van der Waals surface area contributed by atoms with Crippen LogP contribution in [0.15, 0.2) is 28.8 Å². The number of nitrogens with zero attached hydrogens (tertiary/aromatic N) is 3. The van der Waals surface area contributed by atoms with Gasteiger partial charge in [0.2, 0.25) is 0 Å². The lowest BCUT2D eigenvalue weighted by molar-refractivity contribution is 0.0573. The monoisotopic (exact) mass is 376 g/mol. The molecular formula is C19H25ClN4O2. The van der Waals surface area contributed by atoms with E-state index < -0.39 is 0 Å². The van der Waals surface area contributed by atoms with E-state index in [0.717, 1.165) is 43.6 Å². The van der Waals surface area contributed by atoms with Crippen LogP contribution < -0.4 is 5.73 Å². The SMILES string of the molecule is CC1CCN(C(=O)c2ccc(-c3nc(C4CC4)no3)cc2)C(CN)C1.Cl. The van der Waals surface area contributed by atoms with Crippen LogP contribution in [0, 0.1) is 5.92 Å². The quantitative estimate of drug-likeness (QED) is 0.885. The largest absolute Gasteiger partial charge is 0.334 e. The Labute approximate surface area is 159 Å². The molecule has 6 nitrogen and oxygen atoms in total. The first-order chi connectivity index (χ1) is 12.2. The van der Waals surface area contributed by atoms with Crippen molar-refractivity contribution in [1.82, 2.24) is 15.0 Å². The molecule has 0 bridgehead atoms. The third kappa shape index (κ3) is 3.76. The molecule has 2 aliphatic rings. The van der Waals surface area contributed by atoms with Crippen LogP contribution in [0.25, 0.3) is 11.5 Å². The molecule has 1 aliphatic heterocycles. The van der Waals surface area contributed by atoms with Crippen molar-refractivity contribution >= 4 is 18.3 Å². The third-order valence-electron chi connectivity index (χ3n) is 5.27. The number of hydrogen-bond donors (Lipinski definition) is 1. The second kappa shape index (κ2) is 7.76. The molecule has 7 heteroatoms. The fourth-order valence-corrected chi connectivity index (χ4v) is 3.52. The lowest BCUT2D eigenvalue weighted by atomic mass is 9.92. The zero-order chi connectivity index (χ0) is 17.4. The van der Waals surface area contributed by atoms with Crippen molar-refractivity contribution in [2.45, 2.75) is 44.6 Å². The van der Waals surface area contributed by atoms with Gasteiger partial charge < -0.3 is 15.2 Å². The minimum Gasteiger partial charge on any atom is -0.334 e. The van der Waals surface area contributed by atoms with Crippen molar-refractivity contribution in [3.05, 3.63) is 35.7 Å². The van der Waals surface area contributed by atoms with Gasteiger partial charge in [-0.25, -0.2) is 0 Å². The van der Waals surface area contributed by atoms with E-state index in [1.165, 1.54) is 0 Å². The van der Waals surface area contributed by atoms with Crippen LogP contribution in [0.4, 0.5) is 0 Å². The summed E-state index contributed by atoms with van der Waals surface area (Å²) in [5.74, 6) is 2.46. The van der Waals surface area contributed by atoms with Crippen LogP contribution >= 0.6 is 12.4 Å². The average Bonchev–Trinajstić information content (AvgIpc) is 3.38. The minimum absolute atomic E-state index is 0. The molecule has 2 heterocycles. The second-order valence-electron chi connectivity index (χ2n) is 7.33. The number of benzene rings is 1. The number of likely N-dealkylation sites (tertiary alicyclic amines) is 1. The molecule has 2 N–H and O–H groups in total. The number of amides is 1. The number of halogens is 1. The smallest absolute Gasteiger partial charge is 0.257 e. The van der Waals surface area contributed by atoms with Gasteiger partial charge in [0.05, 0.1) is 0 Å². The molecule has 1 saturated carbocycles. The predicted octanol–water partition coefficient (Wildman–Crippen LogP) is 3.24. The topological polar surface area (TPSA) is 85.2 Å². The number of nitrogens with two attached hydrogens (primary N) is 1. The molecule has 0 spiro atoms. The van der Waals surface area contributed by atoms with Crippen molar-refractivity contribution in [2.24, 2.45) is 11.7 Å². The summed E-state index contributed by atoms with van der Waals surface area (Å²) in [6.07, 6.45) is 4.30. The maximum absolute atomic E-state index is 12.8. The van der Waals surface area contributed by atoms with Gasteiger partial charge >= 0.3 is 0 Å². The Morgan fingerprint density at radius 1 is 1.27 bits per heavy atom. The molecule has 1 aromatic carbocycles. The molecule has 2 aromatic rings. The summed E-state index contributed by atoms with van der Waals surface area (Å²) >= 11 is 0. The van der Waals surface area contributed by atoms with Gasteiger partial charge in [-0.15, -0.1) is 12.4 Å². The molecule has 1 aromatic heterocycles. The average molecular weight is 377 g/mol. The second-order valence-corrected chi connectivity index (χ2v) is 7.33. The predicted molar refractivity (Wildman–Crippen MR) is 101 cm³/mol. The van der Waals surface area contributed by atoms with Crippen LogP contribution in [0.1, 0.15) is 54.7 Å². The highest BCUT2D eigenvalue weighted by molar-refractivity contribution is 5.95. The van der Waals surface area contributed by atoms with Gasteiger partial charge in [0.15, 0.2) is 5.82 Å². The molecule has 4 rings (SSSR count). The van der Waals surface area contributed by atoms with Gasteiger partial charge in [-0.05, 0) is 55.9 Å². The molecule has 26 heavy (non-hydrogen) atoms. The minimum atomic E-state index is 0. The summed E-state index contributed by atoms with van der Waals surface area (Å²) in [6.45, 7) is 3.51. The van der Waals surface area contributed by atoms with E-state index in [1.54, 1.807) is 0 Å². The Hall–Kier alpha value is -1.92. The van der Waals surface area contributed by atoms with Crippen molar-refractivity contribution in [3.8, 4) is 11.5 Å². The molecule has 1 saturated heterocycles. The molecule has 140 valence electrons. The Bertz CT molecular complexity index is 757. The number of piperidine rings is 1. The zero-order valence-electron chi connectivity index (χ0n) is 14.9. The maximum atomic E-state index is 12.8. The Morgan fingerprint density at radius 3 is 2.65 bits per heavy atom. The van der Waals surface area contributed by atoms with Gasteiger partial charge in [-0.3, -0.25) is 4.79 Å². The van der Waals surface area contributed by atoms with E-state index in [1.807, 2.05) is 29.2 Å². The normalized spacial score (nSPS) is 22.8. The van der Waals surface area contributed by atoms with Crippen molar-refractivity contribution in [2.75, 3.05) is 13.1 Å². The molecule has 2 unspecified atom stereocenters.